The zero-order chi connectivity index (χ0) is 21.1. The number of benzene rings is 2. The zero-order valence-electron chi connectivity index (χ0n) is 15.7. The van der Waals surface area contributed by atoms with E-state index in [0.29, 0.717) is 17.5 Å². The van der Waals surface area contributed by atoms with Crippen LogP contribution in [-0.2, 0) is 11.2 Å². The van der Waals surface area contributed by atoms with Crippen molar-refractivity contribution in [2.24, 2.45) is 0 Å². The van der Waals surface area contributed by atoms with E-state index in [1.165, 1.54) is 12.1 Å². The fourth-order valence-corrected chi connectivity index (χ4v) is 3.28. The molecule has 0 bridgehead atoms. The number of aromatic nitrogens is 1. The molecule has 4 rings (SSSR count). The van der Waals surface area contributed by atoms with Gasteiger partial charge in [0.2, 0.25) is 5.91 Å². The maximum absolute atomic E-state index is 14.5. The van der Waals surface area contributed by atoms with Crippen LogP contribution in [0.3, 0.4) is 0 Å². The first-order valence-electron chi connectivity index (χ1n) is 9.30. The van der Waals surface area contributed by atoms with Crippen molar-refractivity contribution in [3.05, 3.63) is 89.5 Å². The molecular formula is C23H17F3N2O2. The third kappa shape index (κ3) is 4.35. The van der Waals surface area contributed by atoms with Gasteiger partial charge in [-0.3, -0.25) is 9.78 Å². The highest BCUT2D eigenvalue weighted by Crippen LogP contribution is 2.35. The molecule has 2 heterocycles. The molecule has 152 valence electrons. The molecular weight excluding hydrogens is 393 g/mol. The number of hydrogen-bond acceptors (Lipinski definition) is 3. The first-order valence-corrected chi connectivity index (χ1v) is 9.30. The van der Waals surface area contributed by atoms with Gasteiger partial charge < -0.3 is 10.1 Å². The van der Waals surface area contributed by atoms with Gasteiger partial charge in [-0.25, -0.2) is 13.2 Å². The van der Waals surface area contributed by atoms with Gasteiger partial charge in [0.15, 0.2) is 11.6 Å². The number of pyridine rings is 1. The Morgan fingerprint density at radius 1 is 1.13 bits per heavy atom. The third-order valence-electron chi connectivity index (χ3n) is 4.72. The molecule has 0 saturated carbocycles. The van der Waals surface area contributed by atoms with Crippen LogP contribution < -0.4 is 10.1 Å². The molecule has 3 aromatic rings. The Balaban J connectivity index is 1.38. The van der Waals surface area contributed by atoms with Gasteiger partial charge in [0.05, 0.1) is 6.54 Å². The van der Waals surface area contributed by atoms with Crippen molar-refractivity contribution in [2.45, 2.75) is 12.5 Å². The number of fused-ring (bicyclic) bond motifs is 1. The molecule has 1 aromatic heterocycles. The van der Waals surface area contributed by atoms with Gasteiger partial charge in [-0.15, -0.1) is 0 Å². The molecule has 0 fully saturated rings. The minimum atomic E-state index is -0.630. The van der Waals surface area contributed by atoms with E-state index >= 15 is 0 Å². The maximum Gasteiger partial charge on any atom is 0.244 e. The zero-order valence-corrected chi connectivity index (χ0v) is 15.7. The molecule has 1 unspecified atom stereocenters. The van der Waals surface area contributed by atoms with Gasteiger partial charge in [0, 0.05) is 41.6 Å². The highest BCUT2D eigenvalue weighted by Gasteiger charge is 2.27. The van der Waals surface area contributed by atoms with Gasteiger partial charge in [0.25, 0.3) is 0 Å². The van der Waals surface area contributed by atoms with Crippen LogP contribution in [0.1, 0.15) is 11.1 Å². The highest BCUT2D eigenvalue weighted by atomic mass is 19.1. The van der Waals surface area contributed by atoms with Crippen molar-refractivity contribution < 1.29 is 22.7 Å². The Hall–Kier alpha value is -3.61. The fourth-order valence-electron chi connectivity index (χ4n) is 3.28. The standard InChI is InChI=1S/C23H17F3N2O2/c24-18-4-5-20(25)14(9-18)3-6-22(29)28-13-19-10-17-8-16(11-21(26)23(17)30-19)15-2-1-7-27-12-15/h1-9,11-12,19H,10,13H2,(H,28,29)/b6-3+. The number of amides is 1. The van der Waals surface area contributed by atoms with Crippen LogP contribution in [-0.4, -0.2) is 23.5 Å². The summed E-state index contributed by atoms with van der Waals surface area (Å²) in [6.45, 7) is 0.144. The first kappa shape index (κ1) is 19.7. The van der Waals surface area contributed by atoms with Crippen molar-refractivity contribution in [2.75, 3.05) is 6.54 Å². The summed E-state index contributed by atoms with van der Waals surface area (Å²) < 4.78 is 46.9. The van der Waals surface area contributed by atoms with E-state index in [1.54, 1.807) is 18.5 Å². The van der Waals surface area contributed by atoms with Crippen molar-refractivity contribution in [1.29, 1.82) is 0 Å². The molecule has 1 amide bonds. The third-order valence-corrected chi connectivity index (χ3v) is 4.72. The molecule has 0 aliphatic carbocycles. The van der Waals surface area contributed by atoms with E-state index in [2.05, 4.69) is 10.3 Å². The normalized spacial score (nSPS) is 15.1. The van der Waals surface area contributed by atoms with Crippen LogP contribution in [0.25, 0.3) is 17.2 Å². The number of hydrogen-bond donors (Lipinski definition) is 1. The van der Waals surface area contributed by atoms with E-state index in [1.807, 2.05) is 12.1 Å². The molecule has 30 heavy (non-hydrogen) atoms. The molecule has 0 spiro atoms. The average Bonchev–Trinajstić information content (AvgIpc) is 3.17. The molecule has 0 saturated heterocycles. The van der Waals surface area contributed by atoms with Gasteiger partial charge in [-0.05, 0) is 48.0 Å². The molecule has 1 aliphatic heterocycles. The Labute approximate surface area is 171 Å². The summed E-state index contributed by atoms with van der Waals surface area (Å²) in [7, 11) is 0. The van der Waals surface area contributed by atoms with Gasteiger partial charge in [0.1, 0.15) is 17.7 Å². The quantitative estimate of drug-likeness (QED) is 0.638. The van der Waals surface area contributed by atoms with Crippen LogP contribution in [0.15, 0.2) is 60.9 Å². The smallest absolute Gasteiger partial charge is 0.244 e. The number of carbonyl (C=O) groups is 1. The second kappa shape index (κ2) is 8.41. The van der Waals surface area contributed by atoms with Gasteiger partial charge in [-0.1, -0.05) is 6.07 Å². The lowest BCUT2D eigenvalue weighted by Gasteiger charge is -2.11. The number of nitrogens with one attached hydrogen (secondary N) is 1. The fraction of sp³-hybridized carbons (Fsp3) is 0.130. The Morgan fingerprint density at radius 2 is 2.00 bits per heavy atom. The summed E-state index contributed by atoms with van der Waals surface area (Å²) in [6, 6.07) is 9.86. The van der Waals surface area contributed by atoms with E-state index in [9.17, 15) is 18.0 Å². The summed E-state index contributed by atoms with van der Waals surface area (Å²) >= 11 is 0. The van der Waals surface area contributed by atoms with E-state index in [-0.39, 0.29) is 17.9 Å². The minimum absolute atomic E-state index is 0.0281. The monoisotopic (exact) mass is 410 g/mol. The Kier molecular flexibility index (Phi) is 5.52. The highest BCUT2D eigenvalue weighted by molar-refractivity contribution is 5.91. The minimum Gasteiger partial charge on any atom is -0.485 e. The maximum atomic E-state index is 14.5. The summed E-state index contributed by atoms with van der Waals surface area (Å²) in [5.74, 6) is -2.01. The summed E-state index contributed by atoms with van der Waals surface area (Å²) in [5, 5.41) is 2.63. The Bertz CT molecular complexity index is 1120. The number of nitrogens with zero attached hydrogens (tertiary/aromatic N) is 1. The van der Waals surface area contributed by atoms with Crippen LogP contribution in [0, 0.1) is 17.5 Å². The molecule has 1 N–H and O–H groups in total. The van der Waals surface area contributed by atoms with Gasteiger partial charge >= 0.3 is 0 Å². The van der Waals surface area contributed by atoms with Crippen LogP contribution in [0.5, 0.6) is 5.75 Å². The SMILES string of the molecule is O=C(/C=C/c1cc(F)ccc1F)NCC1Cc2cc(-c3cccnc3)cc(F)c2O1. The van der Waals surface area contributed by atoms with Crippen LogP contribution in [0.2, 0.25) is 0 Å². The average molecular weight is 410 g/mol. The molecule has 7 heteroatoms. The summed E-state index contributed by atoms with van der Waals surface area (Å²) in [4.78, 5) is 16.0. The molecule has 1 atom stereocenters. The second-order valence-corrected chi connectivity index (χ2v) is 6.88. The topological polar surface area (TPSA) is 51.2 Å². The number of ether oxygens (including phenoxy) is 1. The molecule has 0 radical (unpaired) electrons. The predicted octanol–water partition coefficient (Wildman–Crippen LogP) is 4.30. The van der Waals surface area contributed by atoms with E-state index in [0.717, 1.165) is 29.8 Å². The van der Waals surface area contributed by atoms with Crippen LogP contribution >= 0.6 is 0 Å². The van der Waals surface area contributed by atoms with Gasteiger partial charge in [-0.2, -0.15) is 0 Å². The number of rotatable bonds is 5. The lowest BCUT2D eigenvalue weighted by molar-refractivity contribution is -0.116. The van der Waals surface area contributed by atoms with Crippen molar-refractivity contribution in [3.63, 3.8) is 0 Å². The second-order valence-electron chi connectivity index (χ2n) is 6.88. The van der Waals surface area contributed by atoms with Crippen molar-refractivity contribution >= 4 is 12.0 Å². The summed E-state index contributed by atoms with van der Waals surface area (Å²) in [5.41, 5.74) is 2.18. The van der Waals surface area contributed by atoms with Crippen molar-refractivity contribution in [1.82, 2.24) is 10.3 Å². The Morgan fingerprint density at radius 3 is 2.80 bits per heavy atom. The van der Waals surface area contributed by atoms with E-state index in [4.69, 9.17) is 4.74 Å². The number of carbonyl (C=O) groups excluding carboxylic acids is 1. The molecule has 4 nitrogen and oxygen atoms in total. The molecule has 2 aromatic carbocycles. The lowest BCUT2D eigenvalue weighted by atomic mass is 10.0. The van der Waals surface area contributed by atoms with Crippen LogP contribution in [0.4, 0.5) is 13.2 Å². The predicted molar refractivity (Wildman–Crippen MR) is 106 cm³/mol. The lowest BCUT2D eigenvalue weighted by Crippen LogP contribution is -2.33. The summed E-state index contributed by atoms with van der Waals surface area (Å²) in [6.07, 6.45) is 5.61. The largest absolute Gasteiger partial charge is 0.485 e. The first-order chi connectivity index (χ1) is 14.5. The molecule has 1 aliphatic rings. The number of halogens is 3. The van der Waals surface area contributed by atoms with Crippen molar-refractivity contribution in [3.8, 4) is 16.9 Å². The van der Waals surface area contributed by atoms with E-state index < -0.39 is 29.5 Å².